The van der Waals surface area contributed by atoms with Crippen molar-refractivity contribution in [1.82, 2.24) is 4.90 Å². The first-order valence-electron chi connectivity index (χ1n) is 5.88. The molecule has 0 fully saturated rings. The van der Waals surface area contributed by atoms with Gasteiger partial charge >= 0.3 is 0 Å². The minimum atomic E-state index is 0.132. The molecule has 0 spiro atoms. The minimum Gasteiger partial charge on any atom is -0.497 e. The van der Waals surface area contributed by atoms with Crippen molar-refractivity contribution >= 4 is 5.78 Å². The Morgan fingerprint density at radius 3 is 2.71 bits per heavy atom. The number of benzene rings is 1. The molecule has 3 heteroatoms. The van der Waals surface area contributed by atoms with Crippen LogP contribution in [0.3, 0.4) is 0 Å². The number of hydrogen-bond acceptors (Lipinski definition) is 3. The Morgan fingerprint density at radius 2 is 2.12 bits per heavy atom. The van der Waals surface area contributed by atoms with Gasteiger partial charge in [-0.15, -0.1) is 0 Å². The summed E-state index contributed by atoms with van der Waals surface area (Å²) in [5.41, 5.74) is 0.708. The average Bonchev–Trinajstić information content (AvgIpc) is 2.27. The van der Waals surface area contributed by atoms with Gasteiger partial charge in [0.15, 0.2) is 5.78 Å². The standard InChI is InChI=1S/C14H21NO2/c1-11(2)9-15(3)10-14(16)12-6-5-7-13(8-12)17-4/h5-8,11H,9-10H2,1-4H3. The summed E-state index contributed by atoms with van der Waals surface area (Å²) in [5, 5.41) is 0. The maximum Gasteiger partial charge on any atom is 0.176 e. The lowest BCUT2D eigenvalue weighted by Crippen LogP contribution is -2.29. The summed E-state index contributed by atoms with van der Waals surface area (Å²) in [6.45, 7) is 5.67. The van der Waals surface area contributed by atoms with Crippen LogP contribution in [-0.2, 0) is 0 Å². The van der Waals surface area contributed by atoms with Crippen LogP contribution in [0.15, 0.2) is 24.3 Å². The van der Waals surface area contributed by atoms with E-state index in [1.807, 2.05) is 30.1 Å². The molecule has 1 aromatic carbocycles. The summed E-state index contributed by atoms with van der Waals surface area (Å²) >= 11 is 0. The number of ether oxygens (including phenoxy) is 1. The number of carbonyl (C=O) groups excluding carboxylic acids is 1. The van der Waals surface area contributed by atoms with Gasteiger partial charge in [-0.1, -0.05) is 26.0 Å². The lowest BCUT2D eigenvalue weighted by atomic mass is 10.1. The molecule has 94 valence electrons. The Balaban J connectivity index is 2.63. The molecule has 17 heavy (non-hydrogen) atoms. The van der Waals surface area contributed by atoms with Gasteiger partial charge < -0.3 is 4.74 Å². The van der Waals surface area contributed by atoms with Crippen molar-refractivity contribution in [3.05, 3.63) is 29.8 Å². The van der Waals surface area contributed by atoms with Crippen molar-refractivity contribution in [1.29, 1.82) is 0 Å². The molecule has 0 saturated heterocycles. The normalized spacial score (nSPS) is 10.9. The molecule has 0 heterocycles. The second-order valence-electron chi connectivity index (χ2n) is 4.75. The van der Waals surface area contributed by atoms with Crippen LogP contribution in [0.5, 0.6) is 5.75 Å². The number of nitrogens with zero attached hydrogens (tertiary/aromatic N) is 1. The van der Waals surface area contributed by atoms with E-state index in [9.17, 15) is 4.79 Å². The molecule has 0 aliphatic heterocycles. The van der Waals surface area contributed by atoms with E-state index in [1.54, 1.807) is 13.2 Å². The highest BCUT2D eigenvalue weighted by Gasteiger charge is 2.10. The van der Waals surface area contributed by atoms with Crippen LogP contribution < -0.4 is 4.74 Å². The van der Waals surface area contributed by atoms with Crippen LogP contribution in [0.2, 0.25) is 0 Å². The molecule has 0 amide bonds. The molecular formula is C14H21NO2. The summed E-state index contributed by atoms with van der Waals surface area (Å²) in [4.78, 5) is 14.1. The SMILES string of the molecule is COc1cccc(C(=O)CN(C)CC(C)C)c1. The van der Waals surface area contributed by atoms with Crippen molar-refractivity contribution < 1.29 is 9.53 Å². The van der Waals surface area contributed by atoms with Gasteiger partial charge in [-0.3, -0.25) is 9.69 Å². The van der Waals surface area contributed by atoms with E-state index in [2.05, 4.69) is 13.8 Å². The number of hydrogen-bond donors (Lipinski definition) is 0. The summed E-state index contributed by atoms with van der Waals surface area (Å²) in [6, 6.07) is 7.29. The van der Waals surface area contributed by atoms with Crippen molar-refractivity contribution in [2.75, 3.05) is 27.2 Å². The molecule has 0 aromatic heterocycles. The Morgan fingerprint density at radius 1 is 1.41 bits per heavy atom. The zero-order valence-electron chi connectivity index (χ0n) is 11.1. The maximum atomic E-state index is 12.0. The van der Waals surface area contributed by atoms with Gasteiger partial charge in [-0.05, 0) is 25.1 Å². The van der Waals surface area contributed by atoms with Crippen LogP contribution in [0.1, 0.15) is 24.2 Å². The van der Waals surface area contributed by atoms with Crippen molar-refractivity contribution in [2.24, 2.45) is 5.92 Å². The van der Waals surface area contributed by atoms with Gasteiger partial charge in [-0.2, -0.15) is 0 Å². The maximum absolute atomic E-state index is 12.0. The number of methoxy groups -OCH3 is 1. The second kappa shape index (κ2) is 6.40. The Hall–Kier alpha value is -1.35. The van der Waals surface area contributed by atoms with E-state index in [0.29, 0.717) is 18.0 Å². The molecule has 0 aliphatic carbocycles. The van der Waals surface area contributed by atoms with Gasteiger partial charge in [0.2, 0.25) is 0 Å². The third kappa shape index (κ3) is 4.57. The van der Waals surface area contributed by atoms with E-state index < -0.39 is 0 Å². The fourth-order valence-corrected chi connectivity index (χ4v) is 1.82. The minimum absolute atomic E-state index is 0.132. The largest absolute Gasteiger partial charge is 0.497 e. The van der Waals surface area contributed by atoms with Crippen molar-refractivity contribution in [3.63, 3.8) is 0 Å². The molecule has 0 atom stereocenters. The van der Waals surface area contributed by atoms with Crippen LogP contribution in [0.25, 0.3) is 0 Å². The van der Waals surface area contributed by atoms with Crippen LogP contribution in [0.4, 0.5) is 0 Å². The fourth-order valence-electron chi connectivity index (χ4n) is 1.82. The molecule has 0 unspecified atom stereocenters. The Bertz CT molecular complexity index is 374. The first kappa shape index (κ1) is 13.7. The van der Waals surface area contributed by atoms with E-state index >= 15 is 0 Å². The Labute approximate surface area is 103 Å². The van der Waals surface area contributed by atoms with Gasteiger partial charge in [0.05, 0.1) is 13.7 Å². The zero-order chi connectivity index (χ0) is 12.8. The lowest BCUT2D eigenvalue weighted by Gasteiger charge is -2.18. The molecular weight excluding hydrogens is 214 g/mol. The molecule has 0 aliphatic rings. The smallest absolute Gasteiger partial charge is 0.176 e. The van der Waals surface area contributed by atoms with Gasteiger partial charge in [0.25, 0.3) is 0 Å². The first-order valence-corrected chi connectivity index (χ1v) is 5.88. The summed E-state index contributed by atoms with van der Waals surface area (Å²) in [5.74, 6) is 1.42. The van der Waals surface area contributed by atoms with E-state index in [-0.39, 0.29) is 5.78 Å². The molecule has 0 N–H and O–H groups in total. The zero-order valence-corrected chi connectivity index (χ0v) is 11.1. The third-order valence-electron chi connectivity index (χ3n) is 2.48. The van der Waals surface area contributed by atoms with E-state index in [1.165, 1.54) is 0 Å². The second-order valence-corrected chi connectivity index (χ2v) is 4.75. The highest BCUT2D eigenvalue weighted by Crippen LogP contribution is 2.13. The Kier molecular flexibility index (Phi) is 5.16. The first-order chi connectivity index (χ1) is 8.02. The molecule has 1 aromatic rings. The number of rotatable bonds is 6. The molecule has 0 bridgehead atoms. The number of Topliss-reactive ketones (excluding diaryl/α,β-unsaturated/α-hetero) is 1. The monoisotopic (exact) mass is 235 g/mol. The molecule has 0 saturated carbocycles. The topological polar surface area (TPSA) is 29.5 Å². The fraction of sp³-hybridized carbons (Fsp3) is 0.500. The van der Waals surface area contributed by atoms with Gasteiger partial charge in [0, 0.05) is 12.1 Å². The predicted molar refractivity (Wildman–Crippen MR) is 69.7 cm³/mol. The average molecular weight is 235 g/mol. The lowest BCUT2D eigenvalue weighted by molar-refractivity contribution is 0.0940. The molecule has 3 nitrogen and oxygen atoms in total. The summed E-state index contributed by atoms with van der Waals surface area (Å²) < 4.78 is 5.11. The van der Waals surface area contributed by atoms with Gasteiger partial charge in [0.1, 0.15) is 5.75 Å². The van der Waals surface area contributed by atoms with Crippen LogP contribution in [0, 0.1) is 5.92 Å². The van der Waals surface area contributed by atoms with Gasteiger partial charge in [-0.25, -0.2) is 0 Å². The number of ketones is 1. The number of likely N-dealkylation sites (N-methyl/N-ethyl adjacent to an activating group) is 1. The summed E-state index contributed by atoms with van der Waals surface area (Å²) in [6.07, 6.45) is 0. The highest BCUT2D eigenvalue weighted by atomic mass is 16.5. The highest BCUT2D eigenvalue weighted by molar-refractivity contribution is 5.97. The van der Waals surface area contributed by atoms with E-state index in [0.717, 1.165) is 12.3 Å². The summed E-state index contributed by atoms with van der Waals surface area (Å²) in [7, 11) is 3.58. The van der Waals surface area contributed by atoms with Crippen LogP contribution >= 0.6 is 0 Å². The van der Waals surface area contributed by atoms with Crippen LogP contribution in [-0.4, -0.2) is 37.9 Å². The third-order valence-corrected chi connectivity index (χ3v) is 2.48. The van der Waals surface area contributed by atoms with Crippen molar-refractivity contribution in [2.45, 2.75) is 13.8 Å². The molecule has 0 radical (unpaired) electrons. The predicted octanol–water partition coefficient (Wildman–Crippen LogP) is 2.47. The quantitative estimate of drug-likeness (QED) is 0.709. The number of carbonyl (C=O) groups is 1. The van der Waals surface area contributed by atoms with Crippen molar-refractivity contribution in [3.8, 4) is 5.75 Å². The molecule has 1 rings (SSSR count). The van der Waals surface area contributed by atoms with E-state index in [4.69, 9.17) is 4.74 Å².